The Morgan fingerprint density at radius 1 is 1.43 bits per heavy atom. The van der Waals surface area contributed by atoms with Crippen LogP contribution in [0.5, 0.6) is 0 Å². The maximum atomic E-state index is 11.0. The van der Waals surface area contributed by atoms with E-state index in [0.717, 1.165) is 5.56 Å². The van der Waals surface area contributed by atoms with Crippen molar-refractivity contribution in [3.05, 3.63) is 29.8 Å². The van der Waals surface area contributed by atoms with Gasteiger partial charge in [0.2, 0.25) is 0 Å². The summed E-state index contributed by atoms with van der Waals surface area (Å²) in [6.45, 7) is 0.228. The highest BCUT2D eigenvalue weighted by Gasteiger charge is 2.32. The zero-order chi connectivity index (χ0) is 10.1. The van der Waals surface area contributed by atoms with Crippen molar-refractivity contribution in [1.82, 2.24) is 0 Å². The van der Waals surface area contributed by atoms with Crippen molar-refractivity contribution in [2.75, 3.05) is 12.3 Å². The number of benzene rings is 1. The molecule has 1 aliphatic heterocycles. The predicted molar refractivity (Wildman–Crippen MR) is 52.3 cm³/mol. The first kappa shape index (κ1) is 8.74. The van der Waals surface area contributed by atoms with E-state index in [1.807, 2.05) is 18.2 Å². The second-order valence-corrected chi connectivity index (χ2v) is 3.19. The second-order valence-electron chi connectivity index (χ2n) is 3.19. The first-order valence-corrected chi connectivity index (χ1v) is 4.30. The minimum Gasteiger partial charge on any atom is -0.460 e. The van der Waals surface area contributed by atoms with E-state index < -0.39 is 5.97 Å². The Bertz CT molecular complexity index is 401. The molecule has 1 aromatic carbocycles. The highest BCUT2D eigenvalue weighted by Crippen LogP contribution is 2.27. The Labute approximate surface area is 81.2 Å². The molecule has 0 saturated carbocycles. The summed E-state index contributed by atoms with van der Waals surface area (Å²) >= 11 is 0. The minimum atomic E-state index is -0.543. The smallest absolute Gasteiger partial charge is 0.352 e. The van der Waals surface area contributed by atoms with Gasteiger partial charge in [0.15, 0.2) is 0 Å². The fourth-order valence-corrected chi connectivity index (χ4v) is 1.54. The lowest BCUT2D eigenvalue weighted by atomic mass is 9.95. The molecule has 1 heterocycles. The van der Waals surface area contributed by atoms with Crippen LogP contribution in [-0.4, -0.2) is 18.3 Å². The van der Waals surface area contributed by atoms with Crippen LogP contribution >= 0.6 is 0 Å². The van der Waals surface area contributed by atoms with E-state index in [4.69, 9.17) is 15.9 Å². The van der Waals surface area contributed by atoms with Gasteiger partial charge < -0.3 is 10.5 Å². The van der Waals surface area contributed by atoms with E-state index in [0.29, 0.717) is 5.69 Å². The molecule has 1 aromatic rings. The number of carbonyl (C=O) groups excluding carboxylic acids is 1. The molecule has 0 amide bonds. The molecule has 0 bridgehead atoms. The molecule has 0 spiro atoms. The number of hydrogen-bond donors (Lipinski definition) is 2. The van der Waals surface area contributed by atoms with E-state index in [2.05, 4.69) is 0 Å². The van der Waals surface area contributed by atoms with Crippen molar-refractivity contribution in [3.8, 4) is 0 Å². The average molecular weight is 190 g/mol. The van der Waals surface area contributed by atoms with Crippen LogP contribution in [0, 0.1) is 5.41 Å². The molecule has 3 N–H and O–H groups in total. The summed E-state index contributed by atoms with van der Waals surface area (Å²) in [4.78, 5) is 11.0. The quantitative estimate of drug-likeness (QED) is 0.511. The molecule has 0 aliphatic carbocycles. The van der Waals surface area contributed by atoms with Crippen molar-refractivity contribution in [3.63, 3.8) is 0 Å². The number of nitrogens with one attached hydrogen (secondary N) is 1. The van der Waals surface area contributed by atoms with Gasteiger partial charge in [-0.1, -0.05) is 18.2 Å². The molecular formula is C10H10N2O2. The summed E-state index contributed by atoms with van der Waals surface area (Å²) in [5.74, 6) is -0.845. The Hall–Kier alpha value is -1.84. The Morgan fingerprint density at radius 3 is 2.71 bits per heavy atom. The predicted octanol–water partition coefficient (Wildman–Crippen LogP) is 0.929. The number of carbonyl (C=O) groups is 1. The van der Waals surface area contributed by atoms with Gasteiger partial charge in [-0.05, 0) is 11.6 Å². The standard InChI is InChI=1S/C10H10N2O2/c11-8-4-2-1-3-6(8)7-5-14-10(13)9(7)12/h1-4,7,12H,5,11H2/t7-/m0/s1. The van der Waals surface area contributed by atoms with E-state index in [9.17, 15) is 4.79 Å². The van der Waals surface area contributed by atoms with Crippen molar-refractivity contribution >= 4 is 17.4 Å². The summed E-state index contributed by atoms with van der Waals surface area (Å²) in [6.07, 6.45) is 0. The number of para-hydroxylation sites is 1. The summed E-state index contributed by atoms with van der Waals surface area (Å²) in [5.41, 5.74) is 7.13. The molecule has 0 unspecified atom stereocenters. The molecule has 2 rings (SSSR count). The highest BCUT2D eigenvalue weighted by molar-refractivity contribution is 6.39. The molecular weight excluding hydrogens is 180 g/mol. The highest BCUT2D eigenvalue weighted by atomic mass is 16.5. The average Bonchev–Trinajstić information content (AvgIpc) is 2.49. The maximum Gasteiger partial charge on any atom is 0.352 e. The van der Waals surface area contributed by atoms with Crippen molar-refractivity contribution in [1.29, 1.82) is 5.41 Å². The molecule has 1 aliphatic rings. The number of hydrogen-bond acceptors (Lipinski definition) is 4. The fraction of sp³-hybridized carbons (Fsp3) is 0.200. The first-order chi connectivity index (χ1) is 6.70. The number of rotatable bonds is 1. The van der Waals surface area contributed by atoms with Gasteiger partial charge in [-0.15, -0.1) is 0 Å². The fourth-order valence-electron chi connectivity index (χ4n) is 1.54. The Morgan fingerprint density at radius 2 is 2.14 bits per heavy atom. The van der Waals surface area contributed by atoms with Crippen LogP contribution in [0.2, 0.25) is 0 Å². The number of anilines is 1. The number of nitrogens with two attached hydrogens (primary N) is 1. The Balaban J connectivity index is 2.37. The molecule has 1 fully saturated rings. The lowest BCUT2D eigenvalue weighted by molar-refractivity contribution is -0.132. The van der Waals surface area contributed by atoms with Crippen LogP contribution in [0.4, 0.5) is 5.69 Å². The van der Waals surface area contributed by atoms with Gasteiger partial charge in [0.25, 0.3) is 0 Å². The van der Waals surface area contributed by atoms with Gasteiger partial charge in [0, 0.05) is 5.69 Å². The molecule has 4 heteroatoms. The monoisotopic (exact) mass is 190 g/mol. The second kappa shape index (κ2) is 3.14. The third kappa shape index (κ3) is 1.25. The summed E-state index contributed by atoms with van der Waals surface area (Å²) in [5, 5.41) is 7.52. The maximum absolute atomic E-state index is 11.0. The molecule has 0 radical (unpaired) electrons. The lowest BCUT2D eigenvalue weighted by Crippen LogP contribution is -2.13. The van der Waals surface area contributed by atoms with Gasteiger partial charge in [-0.3, -0.25) is 5.41 Å². The van der Waals surface area contributed by atoms with Crippen LogP contribution in [0.3, 0.4) is 0 Å². The SMILES string of the molecule is N=C1C(=O)OC[C@H]1c1ccccc1N. The third-order valence-corrected chi connectivity index (χ3v) is 2.32. The molecule has 14 heavy (non-hydrogen) atoms. The van der Waals surface area contributed by atoms with Crippen LogP contribution < -0.4 is 5.73 Å². The molecule has 0 aromatic heterocycles. The molecule has 4 nitrogen and oxygen atoms in total. The van der Waals surface area contributed by atoms with E-state index in [1.165, 1.54) is 0 Å². The number of cyclic esters (lactones) is 1. The molecule has 72 valence electrons. The van der Waals surface area contributed by atoms with Gasteiger partial charge >= 0.3 is 5.97 Å². The normalized spacial score (nSPS) is 21.0. The topological polar surface area (TPSA) is 76.2 Å². The largest absolute Gasteiger partial charge is 0.460 e. The van der Waals surface area contributed by atoms with E-state index in [1.54, 1.807) is 6.07 Å². The van der Waals surface area contributed by atoms with Crippen LogP contribution in [0.1, 0.15) is 11.5 Å². The van der Waals surface area contributed by atoms with Gasteiger partial charge in [0.05, 0.1) is 5.92 Å². The van der Waals surface area contributed by atoms with E-state index >= 15 is 0 Å². The zero-order valence-corrected chi connectivity index (χ0v) is 7.49. The van der Waals surface area contributed by atoms with Crippen molar-refractivity contribution in [2.45, 2.75) is 5.92 Å². The number of nitrogen functional groups attached to an aromatic ring is 1. The summed E-state index contributed by atoms with van der Waals surface area (Å²) in [7, 11) is 0. The Kier molecular flexibility index (Phi) is 1.96. The lowest BCUT2D eigenvalue weighted by Gasteiger charge is -2.09. The van der Waals surface area contributed by atoms with Gasteiger partial charge in [-0.2, -0.15) is 0 Å². The number of ether oxygens (including phenoxy) is 1. The van der Waals surface area contributed by atoms with Crippen molar-refractivity contribution < 1.29 is 9.53 Å². The molecule has 1 saturated heterocycles. The molecule has 1 atom stereocenters. The van der Waals surface area contributed by atoms with Crippen LogP contribution in [-0.2, 0) is 9.53 Å². The van der Waals surface area contributed by atoms with Crippen LogP contribution in [0.15, 0.2) is 24.3 Å². The minimum absolute atomic E-state index is 0.0112. The van der Waals surface area contributed by atoms with Gasteiger partial charge in [-0.25, -0.2) is 4.79 Å². The third-order valence-electron chi connectivity index (χ3n) is 2.32. The van der Waals surface area contributed by atoms with Crippen molar-refractivity contribution in [2.24, 2.45) is 0 Å². The van der Waals surface area contributed by atoms with E-state index in [-0.39, 0.29) is 18.2 Å². The summed E-state index contributed by atoms with van der Waals surface area (Å²) < 4.78 is 4.77. The van der Waals surface area contributed by atoms with Crippen LogP contribution in [0.25, 0.3) is 0 Å². The zero-order valence-electron chi connectivity index (χ0n) is 7.49. The van der Waals surface area contributed by atoms with Gasteiger partial charge in [0.1, 0.15) is 12.3 Å². The number of esters is 1. The first-order valence-electron chi connectivity index (χ1n) is 4.30. The summed E-state index contributed by atoms with van der Waals surface area (Å²) in [6, 6.07) is 7.23.